The molecule has 1 heterocycles. The maximum absolute atomic E-state index is 12.2. The van der Waals surface area contributed by atoms with Crippen LogP contribution >= 0.6 is 11.8 Å². The molecule has 1 aromatic carbocycles. The summed E-state index contributed by atoms with van der Waals surface area (Å²) in [6.07, 6.45) is 4.34. The van der Waals surface area contributed by atoms with Crippen molar-refractivity contribution in [3.05, 3.63) is 42.2 Å². The van der Waals surface area contributed by atoms with Gasteiger partial charge in [0.2, 0.25) is 5.88 Å². The van der Waals surface area contributed by atoms with E-state index in [1.807, 2.05) is 23.9 Å². The average molecular weight is 331 g/mol. The van der Waals surface area contributed by atoms with Gasteiger partial charge in [-0.25, -0.2) is 9.97 Å². The first kappa shape index (κ1) is 17.3. The van der Waals surface area contributed by atoms with Crippen LogP contribution in [0.1, 0.15) is 23.7 Å². The lowest BCUT2D eigenvalue weighted by Crippen LogP contribution is -2.25. The van der Waals surface area contributed by atoms with E-state index in [9.17, 15) is 4.79 Å². The van der Waals surface area contributed by atoms with Gasteiger partial charge in [-0.05, 0) is 24.3 Å². The monoisotopic (exact) mass is 331 g/mol. The van der Waals surface area contributed by atoms with Crippen molar-refractivity contribution in [2.75, 3.05) is 25.2 Å². The molecule has 0 aliphatic heterocycles. The van der Waals surface area contributed by atoms with Crippen molar-refractivity contribution in [1.29, 1.82) is 0 Å². The fourth-order valence-corrected chi connectivity index (χ4v) is 2.80. The second-order valence-electron chi connectivity index (χ2n) is 4.86. The number of amides is 1. The number of hydrogen-bond acceptors (Lipinski definition) is 5. The van der Waals surface area contributed by atoms with Gasteiger partial charge in [0.05, 0.1) is 7.11 Å². The SMILES string of the molecule is CCCSCCNC(=O)c1cccc(-c2nccnc2OC)c1. The van der Waals surface area contributed by atoms with Gasteiger partial charge in [-0.15, -0.1) is 0 Å². The highest BCUT2D eigenvalue weighted by atomic mass is 32.2. The van der Waals surface area contributed by atoms with Crippen LogP contribution < -0.4 is 10.1 Å². The van der Waals surface area contributed by atoms with Gasteiger partial charge in [0.15, 0.2) is 0 Å². The second-order valence-corrected chi connectivity index (χ2v) is 6.09. The van der Waals surface area contributed by atoms with Crippen LogP contribution in [-0.4, -0.2) is 41.0 Å². The molecule has 2 rings (SSSR count). The molecule has 0 radical (unpaired) electrons. The van der Waals surface area contributed by atoms with Crippen molar-refractivity contribution < 1.29 is 9.53 Å². The summed E-state index contributed by atoms with van der Waals surface area (Å²) in [6.45, 7) is 2.82. The Morgan fingerprint density at radius 2 is 2.09 bits per heavy atom. The van der Waals surface area contributed by atoms with Gasteiger partial charge in [-0.1, -0.05) is 19.1 Å². The Morgan fingerprint density at radius 3 is 2.87 bits per heavy atom. The third-order valence-electron chi connectivity index (χ3n) is 3.14. The standard InChI is InChI=1S/C17H21N3O2S/c1-3-10-23-11-9-19-16(21)14-6-4-5-13(12-14)15-17(22-2)20-8-7-18-15/h4-8,12H,3,9-11H2,1-2H3,(H,19,21). The molecule has 0 saturated heterocycles. The first-order valence-electron chi connectivity index (χ1n) is 7.57. The summed E-state index contributed by atoms with van der Waals surface area (Å²) in [5.74, 6) is 2.42. The van der Waals surface area contributed by atoms with Crippen LogP contribution in [0, 0.1) is 0 Å². The molecule has 1 aromatic heterocycles. The van der Waals surface area contributed by atoms with Crippen molar-refractivity contribution in [2.45, 2.75) is 13.3 Å². The molecule has 2 aromatic rings. The normalized spacial score (nSPS) is 10.3. The van der Waals surface area contributed by atoms with E-state index < -0.39 is 0 Å². The highest BCUT2D eigenvalue weighted by molar-refractivity contribution is 7.99. The number of ether oxygens (including phenoxy) is 1. The molecule has 0 aliphatic rings. The number of carbonyl (C=O) groups is 1. The van der Waals surface area contributed by atoms with Crippen LogP contribution in [0.25, 0.3) is 11.3 Å². The maximum atomic E-state index is 12.2. The van der Waals surface area contributed by atoms with E-state index in [1.165, 1.54) is 0 Å². The number of methoxy groups -OCH3 is 1. The van der Waals surface area contributed by atoms with Gasteiger partial charge < -0.3 is 10.1 Å². The van der Waals surface area contributed by atoms with Crippen LogP contribution in [-0.2, 0) is 0 Å². The number of carbonyl (C=O) groups excluding carboxylic acids is 1. The lowest BCUT2D eigenvalue weighted by molar-refractivity contribution is 0.0956. The van der Waals surface area contributed by atoms with Gasteiger partial charge >= 0.3 is 0 Å². The topological polar surface area (TPSA) is 64.1 Å². The maximum Gasteiger partial charge on any atom is 0.251 e. The summed E-state index contributed by atoms with van der Waals surface area (Å²) in [7, 11) is 1.55. The highest BCUT2D eigenvalue weighted by Crippen LogP contribution is 2.25. The third-order valence-corrected chi connectivity index (χ3v) is 4.33. The summed E-state index contributed by atoms with van der Waals surface area (Å²) in [5, 5.41) is 2.94. The lowest BCUT2D eigenvalue weighted by atomic mass is 10.1. The van der Waals surface area contributed by atoms with E-state index in [2.05, 4.69) is 22.2 Å². The zero-order valence-corrected chi connectivity index (χ0v) is 14.2. The molecule has 0 saturated carbocycles. The second kappa shape index (κ2) is 9.15. The van der Waals surface area contributed by atoms with E-state index >= 15 is 0 Å². The number of nitrogens with one attached hydrogen (secondary N) is 1. The molecule has 6 heteroatoms. The molecule has 0 fully saturated rings. The molecule has 0 spiro atoms. The summed E-state index contributed by atoms with van der Waals surface area (Å²) < 4.78 is 5.23. The molecule has 1 N–H and O–H groups in total. The van der Waals surface area contributed by atoms with E-state index in [4.69, 9.17) is 4.74 Å². The molecule has 0 aliphatic carbocycles. The molecular weight excluding hydrogens is 310 g/mol. The van der Waals surface area contributed by atoms with E-state index in [1.54, 1.807) is 31.6 Å². The Hall–Kier alpha value is -2.08. The number of thioether (sulfide) groups is 1. The number of rotatable bonds is 8. The largest absolute Gasteiger partial charge is 0.479 e. The minimum atomic E-state index is -0.0770. The molecule has 5 nitrogen and oxygen atoms in total. The van der Waals surface area contributed by atoms with Crippen LogP contribution in [0.4, 0.5) is 0 Å². The number of aromatic nitrogens is 2. The minimum Gasteiger partial charge on any atom is -0.479 e. The Balaban J connectivity index is 2.06. The molecule has 0 atom stereocenters. The van der Waals surface area contributed by atoms with Crippen molar-refractivity contribution in [3.63, 3.8) is 0 Å². The van der Waals surface area contributed by atoms with E-state index in [0.717, 1.165) is 23.5 Å². The highest BCUT2D eigenvalue weighted by Gasteiger charge is 2.11. The Labute approximate surface area is 140 Å². The molecule has 122 valence electrons. The number of hydrogen-bond donors (Lipinski definition) is 1. The van der Waals surface area contributed by atoms with Crippen LogP contribution in [0.5, 0.6) is 5.88 Å². The first-order valence-corrected chi connectivity index (χ1v) is 8.73. The van der Waals surface area contributed by atoms with Crippen LogP contribution in [0.2, 0.25) is 0 Å². The lowest BCUT2D eigenvalue weighted by Gasteiger charge is -2.08. The van der Waals surface area contributed by atoms with Gasteiger partial charge in [0.1, 0.15) is 5.69 Å². The molecule has 1 amide bonds. The van der Waals surface area contributed by atoms with Crippen LogP contribution in [0.15, 0.2) is 36.7 Å². The van der Waals surface area contributed by atoms with Gasteiger partial charge in [-0.3, -0.25) is 4.79 Å². The Morgan fingerprint density at radius 1 is 1.26 bits per heavy atom. The average Bonchev–Trinajstić information content (AvgIpc) is 2.61. The molecule has 0 unspecified atom stereocenters. The molecular formula is C17H21N3O2S. The van der Waals surface area contributed by atoms with Crippen molar-refractivity contribution in [1.82, 2.24) is 15.3 Å². The zero-order chi connectivity index (χ0) is 16.5. The predicted octanol–water partition coefficient (Wildman–Crippen LogP) is 3.03. The molecule has 0 bridgehead atoms. The Bertz CT molecular complexity index is 649. The van der Waals surface area contributed by atoms with E-state index in [-0.39, 0.29) is 5.91 Å². The minimum absolute atomic E-state index is 0.0770. The fraction of sp³-hybridized carbons (Fsp3) is 0.353. The summed E-state index contributed by atoms with van der Waals surface area (Å²) >= 11 is 1.85. The van der Waals surface area contributed by atoms with Crippen LogP contribution in [0.3, 0.4) is 0 Å². The fourth-order valence-electron chi connectivity index (χ4n) is 2.07. The van der Waals surface area contributed by atoms with Gasteiger partial charge in [0.25, 0.3) is 5.91 Å². The van der Waals surface area contributed by atoms with Gasteiger partial charge in [-0.2, -0.15) is 11.8 Å². The quantitative estimate of drug-likeness (QED) is 0.753. The van der Waals surface area contributed by atoms with E-state index in [0.29, 0.717) is 23.7 Å². The van der Waals surface area contributed by atoms with Crippen molar-refractivity contribution in [2.24, 2.45) is 0 Å². The third kappa shape index (κ3) is 4.96. The summed E-state index contributed by atoms with van der Waals surface area (Å²) in [5.41, 5.74) is 2.04. The summed E-state index contributed by atoms with van der Waals surface area (Å²) in [4.78, 5) is 20.7. The summed E-state index contributed by atoms with van der Waals surface area (Å²) in [6, 6.07) is 7.33. The number of benzene rings is 1. The van der Waals surface area contributed by atoms with Crippen molar-refractivity contribution >= 4 is 17.7 Å². The smallest absolute Gasteiger partial charge is 0.251 e. The van der Waals surface area contributed by atoms with Gasteiger partial charge in [0, 0.05) is 35.8 Å². The molecule has 23 heavy (non-hydrogen) atoms. The first-order chi connectivity index (χ1) is 11.3. The Kier molecular flexibility index (Phi) is 6.87. The number of nitrogens with zero attached hydrogens (tertiary/aromatic N) is 2. The van der Waals surface area contributed by atoms with Crippen molar-refractivity contribution in [3.8, 4) is 17.1 Å². The zero-order valence-electron chi connectivity index (χ0n) is 13.4. The predicted molar refractivity (Wildman–Crippen MR) is 94.0 cm³/mol.